The van der Waals surface area contributed by atoms with E-state index in [1.807, 2.05) is 13.1 Å². The Morgan fingerprint density at radius 1 is 1.50 bits per heavy atom. The molecule has 1 heterocycles. The number of hydrogen-bond acceptors (Lipinski definition) is 1. The fourth-order valence-electron chi connectivity index (χ4n) is 1.01. The van der Waals surface area contributed by atoms with Gasteiger partial charge in [0.25, 0.3) is 0 Å². The van der Waals surface area contributed by atoms with Gasteiger partial charge in [-0.2, -0.15) is 0 Å². The first-order valence-electron chi connectivity index (χ1n) is 3.75. The first-order valence-corrected chi connectivity index (χ1v) is 3.75. The predicted octanol–water partition coefficient (Wildman–Crippen LogP) is 2.85. The molecule has 0 aromatic carbocycles. The maximum Gasteiger partial charge on any atom is 0.137 e. The number of hydrogen-bond donors (Lipinski definition) is 1. The van der Waals surface area contributed by atoms with Crippen LogP contribution in [0.15, 0.2) is 30.4 Å². The highest BCUT2D eigenvalue weighted by molar-refractivity contribution is 5.76. The lowest BCUT2D eigenvalue weighted by Gasteiger charge is -1.91. The molecule has 0 fully saturated rings. The molecule has 0 atom stereocenters. The molecule has 0 radical (unpaired) electrons. The summed E-state index contributed by atoms with van der Waals surface area (Å²) in [5.74, 6) is 0.836. The number of aromatic amines is 1. The third-order valence-corrected chi connectivity index (χ3v) is 1.62. The Bertz CT molecular complexity index is 319. The zero-order valence-corrected chi connectivity index (χ0v) is 7.17. The van der Waals surface area contributed by atoms with E-state index in [1.165, 1.54) is 0 Å². The van der Waals surface area contributed by atoms with Crippen LogP contribution in [0.4, 0.5) is 5.82 Å². The van der Waals surface area contributed by atoms with E-state index in [-0.39, 0.29) is 0 Å². The molecule has 1 aromatic rings. The average Bonchev–Trinajstić information content (AvgIpc) is 2.43. The van der Waals surface area contributed by atoms with Crippen LogP contribution in [0.25, 0.3) is 6.08 Å². The first-order chi connectivity index (χ1) is 5.79. The van der Waals surface area contributed by atoms with Crippen molar-refractivity contribution in [2.24, 2.45) is 4.99 Å². The van der Waals surface area contributed by atoms with Gasteiger partial charge in [-0.15, -0.1) is 0 Å². The molecule has 0 aliphatic carbocycles. The number of H-pyrrole nitrogens is 1. The second kappa shape index (κ2) is 3.72. The zero-order valence-electron chi connectivity index (χ0n) is 7.17. The maximum absolute atomic E-state index is 4.15. The summed E-state index contributed by atoms with van der Waals surface area (Å²) < 4.78 is 0. The molecule has 0 amide bonds. The van der Waals surface area contributed by atoms with Crippen molar-refractivity contribution in [3.63, 3.8) is 0 Å². The van der Waals surface area contributed by atoms with Crippen LogP contribution in [0.5, 0.6) is 0 Å². The lowest BCUT2D eigenvalue weighted by Crippen LogP contribution is -1.71. The van der Waals surface area contributed by atoms with Crippen molar-refractivity contribution in [1.29, 1.82) is 0 Å². The van der Waals surface area contributed by atoms with Crippen LogP contribution in [0.1, 0.15) is 11.1 Å². The van der Waals surface area contributed by atoms with Gasteiger partial charge in [0.2, 0.25) is 0 Å². The smallest absolute Gasteiger partial charge is 0.137 e. The number of nitrogens with zero attached hydrogens (tertiary/aromatic N) is 1. The Kier molecular flexibility index (Phi) is 2.64. The summed E-state index contributed by atoms with van der Waals surface area (Å²) in [7, 11) is 0. The highest BCUT2D eigenvalue weighted by Crippen LogP contribution is 2.21. The molecule has 0 bridgehead atoms. The topological polar surface area (TPSA) is 28.1 Å². The summed E-state index contributed by atoms with van der Waals surface area (Å²) in [5, 5.41) is 0. The highest BCUT2D eigenvalue weighted by atomic mass is 14.9. The van der Waals surface area contributed by atoms with E-state index in [0.717, 1.165) is 16.9 Å². The lowest BCUT2D eigenvalue weighted by atomic mass is 10.2. The van der Waals surface area contributed by atoms with Crippen molar-refractivity contribution in [2.45, 2.75) is 6.92 Å². The van der Waals surface area contributed by atoms with Crippen molar-refractivity contribution < 1.29 is 0 Å². The number of aliphatic imine (C=N–C) groups is 1. The van der Waals surface area contributed by atoms with Gasteiger partial charge < -0.3 is 4.98 Å². The van der Waals surface area contributed by atoms with Crippen LogP contribution < -0.4 is 0 Å². The summed E-state index contributed by atoms with van der Waals surface area (Å²) in [6.07, 6.45) is 7.00. The van der Waals surface area contributed by atoms with Crippen LogP contribution in [0.2, 0.25) is 0 Å². The largest absolute Gasteiger partial charge is 0.346 e. The molecule has 12 heavy (non-hydrogen) atoms. The quantitative estimate of drug-likeness (QED) is 0.658. The molecule has 0 spiro atoms. The van der Waals surface area contributed by atoms with E-state index in [9.17, 15) is 0 Å². The summed E-state index contributed by atoms with van der Waals surface area (Å²) in [6, 6.07) is 0. The van der Waals surface area contributed by atoms with Crippen molar-refractivity contribution in [3.05, 3.63) is 36.6 Å². The minimum Gasteiger partial charge on any atom is -0.346 e. The van der Waals surface area contributed by atoms with E-state index in [1.54, 1.807) is 18.4 Å². The third-order valence-electron chi connectivity index (χ3n) is 1.62. The Balaban J connectivity index is 3.06. The van der Waals surface area contributed by atoms with Crippen LogP contribution in [0.3, 0.4) is 0 Å². The van der Waals surface area contributed by atoms with Gasteiger partial charge in [0.1, 0.15) is 5.82 Å². The monoisotopic (exact) mass is 160 g/mol. The summed E-state index contributed by atoms with van der Waals surface area (Å²) >= 11 is 0. The molecule has 0 aliphatic rings. The van der Waals surface area contributed by atoms with E-state index in [4.69, 9.17) is 0 Å². The molecular formula is C10H12N2. The van der Waals surface area contributed by atoms with Crippen molar-refractivity contribution >= 4 is 18.1 Å². The van der Waals surface area contributed by atoms with Gasteiger partial charge in [-0.05, 0) is 12.5 Å². The minimum absolute atomic E-state index is 0.836. The molecule has 0 saturated heterocycles. The zero-order chi connectivity index (χ0) is 8.97. The van der Waals surface area contributed by atoms with Gasteiger partial charge >= 0.3 is 0 Å². The highest BCUT2D eigenvalue weighted by Gasteiger charge is 2.01. The molecule has 0 aliphatic heterocycles. The van der Waals surface area contributed by atoms with Gasteiger partial charge in [-0.25, -0.2) is 4.99 Å². The Morgan fingerprint density at radius 2 is 2.25 bits per heavy atom. The summed E-state index contributed by atoms with van der Waals surface area (Å²) in [5.41, 5.74) is 2.20. The van der Waals surface area contributed by atoms with Crippen LogP contribution >= 0.6 is 0 Å². The second-order valence-electron chi connectivity index (χ2n) is 2.45. The van der Waals surface area contributed by atoms with Gasteiger partial charge in [0.05, 0.1) is 0 Å². The van der Waals surface area contributed by atoms with Gasteiger partial charge in [0.15, 0.2) is 0 Å². The first kappa shape index (κ1) is 8.53. The van der Waals surface area contributed by atoms with Gasteiger partial charge in [-0.3, -0.25) is 0 Å². The standard InChI is InChI=1S/C10H12N2/c1-4-6-11-10-9(5-2)8(3)7-12-10/h4-7,12H,1-2H2,3H3/b11-6-. The van der Waals surface area contributed by atoms with Crippen molar-refractivity contribution in [2.75, 3.05) is 0 Å². The molecule has 1 rings (SSSR count). The van der Waals surface area contributed by atoms with E-state index < -0.39 is 0 Å². The SMILES string of the molecule is C=C/C=N\c1[nH]cc(C)c1C=C. The van der Waals surface area contributed by atoms with Gasteiger partial charge in [-0.1, -0.05) is 25.3 Å². The van der Waals surface area contributed by atoms with Crippen LogP contribution in [-0.4, -0.2) is 11.2 Å². The third kappa shape index (κ3) is 1.53. The number of allylic oxidation sites excluding steroid dienone is 1. The normalized spacial score (nSPS) is 10.4. The number of nitrogens with one attached hydrogen (secondary N) is 1. The van der Waals surface area contributed by atoms with Crippen LogP contribution in [0, 0.1) is 6.92 Å². The van der Waals surface area contributed by atoms with Crippen molar-refractivity contribution in [1.82, 2.24) is 4.98 Å². The predicted molar refractivity (Wildman–Crippen MR) is 54.0 cm³/mol. The van der Waals surface area contributed by atoms with Crippen LogP contribution in [-0.2, 0) is 0 Å². The Hall–Kier alpha value is -1.57. The molecular weight excluding hydrogens is 148 g/mol. The van der Waals surface area contributed by atoms with Crippen molar-refractivity contribution in [3.8, 4) is 0 Å². The molecule has 2 heteroatoms. The molecule has 62 valence electrons. The van der Waals surface area contributed by atoms with Gasteiger partial charge in [0, 0.05) is 18.0 Å². The molecule has 1 aromatic heterocycles. The second-order valence-corrected chi connectivity index (χ2v) is 2.45. The fraction of sp³-hybridized carbons (Fsp3) is 0.100. The minimum atomic E-state index is 0.836. The number of aromatic nitrogens is 1. The lowest BCUT2D eigenvalue weighted by molar-refractivity contribution is 1.34. The number of rotatable bonds is 3. The molecule has 0 unspecified atom stereocenters. The van der Waals surface area contributed by atoms with E-state index >= 15 is 0 Å². The Labute approximate surface area is 72.3 Å². The summed E-state index contributed by atoms with van der Waals surface area (Å²) in [6.45, 7) is 9.28. The molecule has 2 nitrogen and oxygen atoms in total. The molecule has 1 N–H and O–H groups in total. The average molecular weight is 160 g/mol. The molecule has 0 saturated carbocycles. The van der Waals surface area contributed by atoms with E-state index in [0.29, 0.717) is 0 Å². The Morgan fingerprint density at radius 3 is 2.83 bits per heavy atom. The van der Waals surface area contributed by atoms with E-state index in [2.05, 4.69) is 23.1 Å². The fourth-order valence-corrected chi connectivity index (χ4v) is 1.01. The number of aryl methyl sites for hydroxylation is 1. The summed E-state index contributed by atoms with van der Waals surface area (Å²) in [4.78, 5) is 7.19. The maximum atomic E-state index is 4.15.